The molecule has 0 aromatic heterocycles. The number of nitrogens with two attached hydrogens (primary N) is 1. The molecule has 4 aromatic carbocycles. The van der Waals surface area contributed by atoms with E-state index in [1.165, 1.54) is 68.3 Å². The highest BCUT2D eigenvalue weighted by atomic mass is 16.7. The van der Waals surface area contributed by atoms with Gasteiger partial charge in [-0.2, -0.15) is 0 Å². The molecule has 4 aliphatic rings. The average molecular weight is 1290 g/mol. The number of carbonyl (C=O) groups excluding carboxylic acids is 10. The number of likely N-dealkylation sites (tertiary alicyclic amines) is 1. The Hall–Kier alpha value is -8.86. The summed E-state index contributed by atoms with van der Waals surface area (Å²) >= 11 is 0. The smallest absolute Gasteiger partial charge is 0.243 e. The van der Waals surface area contributed by atoms with Gasteiger partial charge in [-0.15, -0.1) is 0 Å². The van der Waals surface area contributed by atoms with Gasteiger partial charge in [0, 0.05) is 55.8 Å². The minimum Gasteiger partial charge on any atom is -0.508 e. The largest absolute Gasteiger partial charge is 0.508 e. The van der Waals surface area contributed by atoms with Crippen molar-refractivity contribution in [2.45, 2.75) is 165 Å². The van der Waals surface area contributed by atoms with E-state index in [-0.39, 0.29) is 90.6 Å². The maximum Gasteiger partial charge on any atom is 0.243 e. The number of amides is 7. The molecule has 0 spiro atoms. The fourth-order valence-corrected chi connectivity index (χ4v) is 12.5. The monoisotopic (exact) mass is 1290 g/mol. The predicted molar refractivity (Wildman–Crippen MR) is 331 cm³/mol. The summed E-state index contributed by atoms with van der Waals surface area (Å²) < 4.78 is 17.8. The third-order valence-corrected chi connectivity index (χ3v) is 17.4. The maximum atomic E-state index is 14.8. The number of carbonyl (C=O) groups is 10. The Morgan fingerprint density at radius 3 is 2.13 bits per heavy atom. The third kappa shape index (κ3) is 16.3. The number of fused-ring (bicyclic) bond motifs is 3. The number of ether oxygens (including phenoxy) is 3. The third-order valence-electron chi connectivity index (χ3n) is 17.4. The lowest BCUT2D eigenvalue weighted by atomic mass is 9.72. The van der Waals surface area contributed by atoms with Crippen molar-refractivity contribution < 1.29 is 92.8 Å². The summed E-state index contributed by atoms with van der Waals surface area (Å²) in [6, 6.07) is 11.7. The molecule has 500 valence electrons. The number of phenols is 3. The van der Waals surface area contributed by atoms with Crippen LogP contribution in [0.1, 0.15) is 139 Å². The SMILES string of the molecule is COc1cccc2c1C(=O)c1c(O)c3c(c(O)c1C2=O)C[C@@](O)(C(=O)CO)C[C@@H]3O[C@H]1C[C@H](NC(=O)[C@H](CC(C)C)NC(=O)[C@H](Cc2ccc(O)cc2)NC(=O)[C@H](CCc2ccccc2)NC(=O)CNC(=O)[C@H](CCCN)NC(=O)[C@@H]2CCCN2C(C)=O)[C@H](O)[C@H](C)O1. The predicted octanol–water partition coefficient (Wildman–Crippen LogP) is 0.591. The van der Waals surface area contributed by atoms with E-state index in [1.807, 2.05) is 12.1 Å². The maximum absolute atomic E-state index is 14.8. The van der Waals surface area contributed by atoms with Gasteiger partial charge < -0.3 is 87.4 Å². The van der Waals surface area contributed by atoms with Crippen LogP contribution in [0.5, 0.6) is 23.0 Å². The zero-order chi connectivity index (χ0) is 67.6. The van der Waals surface area contributed by atoms with Crippen molar-refractivity contribution in [1.82, 2.24) is 36.8 Å². The Balaban J connectivity index is 1.00. The number of methoxy groups -OCH3 is 1. The normalized spacial score (nSPS) is 22.0. The summed E-state index contributed by atoms with van der Waals surface area (Å²) in [6.07, 6.45) is -5.96. The van der Waals surface area contributed by atoms with Gasteiger partial charge in [-0.25, -0.2) is 0 Å². The van der Waals surface area contributed by atoms with Crippen molar-refractivity contribution in [3.05, 3.63) is 117 Å². The second-order valence-corrected chi connectivity index (χ2v) is 24.5. The second-order valence-electron chi connectivity index (χ2n) is 24.5. The number of rotatable bonds is 27. The van der Waals surface area contributed by atoms with Crippen molar-refractivity contribution in [2.24, 2.45) is 11.7 Å². The number of aryl methyl sites for hydroxylation is 1. The summed E-state index contributed by atoms with van der Waals surface area (Å²) in [6.45, 7) is 5.14. The molecule has 2 saturated heterocycles. The fraction of sp³-hybridized carbons (Fsp3) is 0.485. The fourth-order valence-electron chi connectivity index (χ4n) is 12.5. The number of hydrogen-bond donors (Lipinski definition) is 13. The van der Waals surface area contributed by atoms with E-state index in [0.717, 1.165) is 5.56 Å². The summed E-state index contributed by atoms with van der Waals surface area (Å²) in [5.74, 6) is -9.71. The molecule has 2 fully saturated rings. The lowest BCUT2D eigenvalue weighted by Gasteiger charge is -2.43. The molecule has 4 aromatic rings. The van der Waals surface area contributed by atoms with Crippen LogP contribution in [0.15, 0.2) is 72.8 Å². The number of nitrogens with one attached hydrogen (secondary N) is 6. The second kappa shape index (κ2) is 30.7. The van der Waals surface area contributed by atoms with Crippen LogP contribution < -0.4 is 42.4 Å². The molecular formula is C66H82N8O19. The molecule has 2 heterocycles. The van der Waals surface area contributed by atoms with Crippen LogP contribution in [0.25, 0.3) is 0 Å². The van der Waals surface area contributed by atoms with Crippen molar-refractivity contribution in [2.75, 3.05) is 33.4 Å². The van der Waals surface area contributed by atoms with Gasteiger partial charge in [0.1, 0.15) is 71.5 Å². The Morgan fingerprint density at radius 2 is 1.46 bits per heavy atom. The number of phenolic OH excluding ortho intramolecular Hbond substituents is 3. The Morgan fingerprint density at radius 1 is 0.785 bits per heavy atom. The summed E-state index contributed by atoms with van der Waals surface area (Å²) in [5.41, 5.74) is 2.34. The zero-order valence-corrected chi connectivity index (χ0v) is 52.4. The molecular weight excluding hydrogens is 1210 g/mol. The molecule has 0 radical (unpaired) electrons. The minimum absolute atomic E-state index is 0.00108. The average Bonchev–Trinajstić information content (AvgIpc) is 0.989. The molecule has 0 saturated carbocycles. The van der Waals surface area contributed by atoms with E-state index in [0.29, 0.717) is 31.4 Å². The standard InChI is InChI=1S/C66H82N8O19/c1-33(2)26-44(63(87)71-43-28-51(92-34(3)56(43)80)93-48-30-66(90,49(78)32-75)29-40-53(48)60(84)55-54(58(40)82)57(81)39-14-9-17-47(91-5)52(39)59(55)83)72-64(88)45(27-37-18-21-38(77)22-19-37)73-62(86)42(23-20-36-12-7-6-8-13-36)69-50(79)31-68-61(85)41(15-10-24-67)70-65(89)46-16-11-25-74(46)35(4)76/h6-9,12-14,17-19,21-22,33-34,41-46,48,51,56,75,77,80,82,84,90H,10-11,15-16,20,23-32,67H2,1-5H3,(H,68,85)(H,69,79)(H,70,89)(H,71,87)(H,72,88)(H,73,86)/t34-,41-,42-,43-,44-,45-,46-,48-,51-,56+,66-/m0/s1. The number of nitrogens with zero attached hydrogens (tertiary/aromatic N) is 1. The summed E-state index contributed by atoms with van der Waals surface area (Å²) in [5, 5.41) is 83.8. The van der Waals surface area contributed by atoms with Crippen LogP contribution >= 0.6 is 0 Å². The molecule has 0 bridgehead atoms. The van der Waals surface area contributed by atoms with Crippen molar-refractivity contribution in [3.63, 3.8) is 0 Å². The number of aliphatic hydroxyl groups is 3. The number of benzene rings is 4. The Labute approximate surface area is 536 Å². The molecule has 2 aliphatic carbocycles. The van der Waals surface area contributed by atoms with Crippen molar-refractivity contribution in [3.8, 4) is 23.0 Å². The van der Waals surface area contributed by atoms with Crippen LogP contribution in [0.3, 0.4) is 0 Å². The van der Waals surface area contributed by atoms with Gasteiger partial charge in [-0.05, 0) is 93.7 Å². The quantitative estimate of drug-likeness (QED) is 0.0320. The zero-order valence-electron chi connectivity index (χ0n) is 52.4. The van der Waals surface area contributed by atoms with Crippen LogP contribution in [0.4, 0.5) is 0 Å². The molecule has 0 unspecified atom stereocenters. The van der Waals surface area contributed by atoms with Gasteiger partial charge in [0.05, 0.1) is 48.6 Å². The summed E-state index contributed by atoms with van der Waals surface area (Å²) in [7, 11) is 1.27. The number of Topliss-reactive ketones (excluding diaryl/α,β-unsaturated/α-hetero) is 1. The van der Waals surface area contributed by atoms with E-state index in [2.05, 4.69) is 31.9 Å². The highest BCUT2D eigenvalue weighted by Gasteiger charge is 2.51. The lowest BCUT2D eigenvalue weighted by Crippen LogP contribution is -2.61. The first-order valence-corrected chi connectivity index (χ1v) is 31.1. The van der Waals surface area contributed by atoms with Crippen LogP contribution in [0, 0.1) is 5.92 Å². The van der Waals surface area contributed by atoms with Crippen molar-refractivity contribution in [1.29, 1.82) is 0 Å². The van der Waals surface area contributed by atoms with E-state index in [9.17, 15) is 78.6 Å². The first-order chi connectivity index (χ1) is 44.3. The molecule has 14 N–H and O–H groups in total. The molecule has 2 aliphatic heterocycles. The van der Waals surface area contributed by atoms with Crippen LogP contribution in [0.2, 0.25) is 0 Å². The minimum atomic E-state index is -2.48. The number of hydrogen-bond acceptors (Lipinski definition) is 20. The molecule has 93 heavy (non-hydrogen) atoms. The molecule has 11 atom stereocenters. The lowest BCUT2D eigenvalue weighted by molar-refractivity contribution is -0.249. The Kier molecular flexibility index (Phi) is 23.1. The van der Waals surface area contributed by atoms with Gasteiger partial charge in [0.2, 0.25) is 47.1 Å². The van der Waals surface area contributed by atoms with Crippen molar-refractivity contribution >= 4 is 58.7 Å². The van der Waals surface area contributed by atoms with E-state index in [1.54, 1.807) is 32.0 Å². The first kappa shape index (κ1) is 70.0. The first-order valence-electron chi connectivity index (χ1n) is 31.1. The molecule has 27 nitrogen and oxygen atoms in total. The highest BCUT2D eigenvalue weighted by Crippen LogP contribution is 2.52. The molecule has 7 amide bonds. The van der Waals surface area contributed by atoms with E-state index >= 15 is 0 Å². The van der Waals surface area contributed by atoms with Crippen LogP contribution in [-0.2, 0) is 67.1 Å². The topological polar surface area (TPSA) is 421 Å². The van der Waals surface area contributed by atoms with E-state index in [4.69, 9.17) is 19.9 Å². The Bertz CT molecular complexity index is 3480. The van der Waals surface area contributed by atoms with Gasteiger partial charge in [-0.1, -0.05) is 68.4 Å². The number of aromatic hydroxyl groups is 3. The van der Waals surface area contributed by atoms with Gasteiger partial charge >= 0.3 is 0 Å². The highest BCUT2D eigenvalue weighted by molar-refractivity contribution is 6.31. The number of ketones is 3. The molecule has 8 rings (SSSR count). The number of aliphatic hydroxyl groups excluding tert-OH is 2. The summed E-state index contributed by atoms with van der Waals surface area (Å²) in [4.78, 5) is 140. The van der Waals surface area contributed by atoms with Gasteiger partial charge in [0.25, 0.3) is 0 Å². The van der Waals surface area contributed by atoms with Crippen LogP contribution in [-0.4, -0.2) is 188 Å². The van der Waals surface area contributed by atoms with Gasteiger partial charge in [0.15, 0.2) is 17.9 Å². The molecule has 27 heteroatoms. The van der Waals surface area contributed by atoms with E-state index < -0.39 is 168 Å². The van der Waals surface area contributed by atoms with Gasteiger partial charge in [-0.3, -0.25) is 47.9 Å².